The molecule has 0 spiro atoms. The predicted molar refractivity (Wildman–Crippen MR) is 72.3 cm³/mol. The van der Waals surface area contributed by atoms with Crippen molar-refractivity contribution in [2.75, 3.05) is 6.54 Å². The van der Waals surface area contributed by atoms with Crippen molar-refractivity contribution in [3.8, 4) is 0 Å². The van der Waals surface area contributed by atoms with Gasteiger partial charge >= 0.3 is 0 Å². The van der Waals surface area contributed by atoms with Gasteiger partial charge < -0.3 is 5.73 Å². The zero-order chi connectivity index (χ0) is 13.3. The van der Waals surface area contributed by atoms with Crippen LogP contribution in [0.2, 0.25) is 10.0 Å². The van der Waals surface area contributed by atoms with Gasteiger partial charge in [-0.3, -0.25) is 0 Å². The van der Waals surface area contributed by atoms with Crippen LogP contribution < -0.4 is 10.5 Å². The molecule has 0 bridgehead atoms. The van der Waals surface area contributed by atoms with Gasteiger partial charge in [-0.15, -0.1) is 0 Å². The molecule has 2 rings (SSSR count). The lowest BCUT2D eigenvalue weighted by molar-refractivity contribution is 0.519. The number of hydrogen-bond acceptors (Lipinski definition) is 3. The minimum absolute atomic E-state index is 0.0686. The van der Waals surface area contributed by atoms with Crippen molar-refractivity contribution in [2.24, 2.45) is 11.7 Å². The molecule has 4 nitrogen and oxygen atoms in total. The molecule has 1 unspecified atom stereocenters. The van der Waals surface area contributed by atoms with Crippen LogP contribution >= 0.6 is 23.2 Å². The lowest BCUT2D eigenvalue weighted by Crippen LogP contribution is -2.41. The highest BCUT2D eigenvalue weighted by Gasteiger charge is 2.33. The van der Waals surface area contributed by atoms with Gasteiger partial charge in [0.05, 0.1) is 4.90 Å². The summed E-state index contributed by atoms with van der Waals surface area (Å²) < 4.78 is 26.9. The molecule has 18 heavy (non-hydrogen) atoms. The maximum Gasteiger partial charge on any atom is 0.240 e. The van der Waals surface area contributed by atoms with E-state index >= 15 is 0 Å². The van der Waals surface area contributed by atoms with Crippen molar-refractivity contribution < 1.29 is 8.42 Å². The maximum atomic E-state index is 12.2. The first-order chi connectivity index (χ1) is 8.42. The number of nitrogens with one attached hydrogen (secondary N) is 1. The van der Waals surface area contributed by atoms with E-state index in [1.807, 2.05) is 0 Å². The minimum atomic E-state index is -3.62. The molecule has 3 N–H and O–H groups in total. The Bertz CT molecular complexity index is 524. The van der Waals surface area contributed by atoms with Crippen LogP contribution in [0.15, 0.2) is 23.1 Å². The van der Waals surface area contributed by atoms with Gasteiger partial charge in [0.25, 0.3) is 0 Å². The van der Waals surface area contributed by atoms with Gasteiger partial charge in [0, 0.05) is 22.6 Å². The highest BCUT2D eigenvalue weighted by atomic mass is 35.5. The Balaban J connectivity index is 2.23. The Morgan fingerprint density at radius 2 is 1.83 bits per heavy atom. The van der Waals surface area contributed by atoms with Gasteiger partial charge in [-0.1, -0.05) is 23.2 Å². The quantitative estimate of drug-likeness (QED) is 0.874. The largest absolute Gasteiger partial charge is 0.329 e. The first kappa shape index (κ1) is 14.1. The van der Waals surface area contributed by atoms with Gasteiger partial charge in [0.1, 0.15) is 0 Å². The fourth-order valence-corrected chi connectivity index (χ4v) is 3.83. The van der Waals surface area contributed by atoms with Crippen molar-refractivity contribution in [1.29, 1.82) is 0 Å². The van der Waals surface area contributed by atoms with E-state index in [-0.39, 0.29) is 17.5 Å². The molecular weight excluding hydrogens is 295 g/mol. The summed E-state index contributed by atoms with van der Waals surface area (Å²) in [5, 5.41) is 0.581. The Morgan fingerprint density at radius 1 is 1.28 bits per heavy atom. The van der Waals surface area contributed by atoms with E-state index in [0.29, 0.717) is 16.0 Å². The van der Waals surface area contributed by atoms with E-state index in [4.69, 9.17) is 28.9 Å². The average Bonchev–Trinajstić information content (AvgIpc) is 3.08. The lowest BCUT2D eigenvalue weighted by atomic mass is 10.2. The van der Waals surface area contributed by atoms with Crippen LogP contribution in [0, 0.1) is 5.92 Å². The van der Waals surface area contributed by atoms with Crippen molar-refractivity contribution in [3.05, 3.63) is 28.2 Å². The lowest BCUT2D eigenvalue weighted by Gasteiger charge is -2.16. The molecule has 1 saturated carbocycles. The summed E-state index contributed by atoms with van der Waals surface area (Å²) >= 11 is 11.6. The van der Waals surface area contributed by atoms with Crippen LogP contribution in [0.3, 0.4) is 0 Å². The molecule has 0 saturated heterocycles. The van der Waals surface area contributed by atoms with Crippen molar-refractivity contribution in [1.82, 2.24) is 4.72 Å². The molecule has 1 fully saturated rings. The maximum absolute atomic E-state index is 12.2. The summed E-state index contributed by atoms with van der Waals surface area (Å²) in [5.41, 5.74) is 5.58. The third-order valence-corrected chi connectivity index (χ3v) is 4.80. The number of rotatable bonds is 5. The monoisotopic (exact) mass is 308 g/mol. The van der Waals surface area contributed by atoms with E-state index in [1.165, 1.54) is 18.2 Å². The second-order valence-corrected chi connectivity index (χ2v) is 6.99. The van der Waals surface area contributed by atoms with Gasteiger partial charge in [-0.2, -0.15) is 0 Å². The first-order valence-corrected chi connectivity index (χ1v) is 7.85. The first-order valence-electron chi connectivity index (χ1n) is 5.61. The van der Waals surface area contributed by atoms with Crippen LogP contribution in [0.4, 0.5) is 0 Å². The van der Waals surface area contributed by atoms with Crippen LogP contribution in [-0.2, 0) is 10.0 Å². The van der Waals surface area contributed by atoms with Gasteiger partial charge in [0.2, 0.25) is 10.0 Å². The molecule has 100 valence electrons. The van der Waals surface area contributed by atoms with Crippen LogP contribution in [-0.4, -0.2) is 21.0 Å². The topological polar surface area (TPSA) is 72.2 Å². The Labute approximate surface area is 117 Å². The highest BCUT2D eigenvalue weighted by molar-refractivity contribution is 7.89. The molecule has 0 radical (unpaired) electrons. The summed E-state index contributed by atoms with van der Waals surface area (Å²) in [6, 6.07) is 4.02. The summed E-state index contributed by atoms with van der Waals surface area (Å²) in [6.45, 7) is 0.290. The molecule has 1 aromatic carbocycles. The molecule has 1 aliphatic rings. The van der Waals surface area contributed by atoms with Crippen molar-refractivity contribution in [2.45, 2.75) is 23.8 Å². The molecule has 1 aliphatic carbocycles. The number of halogens is 2. The Morgan fingerprint density at radius 3 is 2.28 bits per heavy atom. The second-order valence-electron chi connectivity index (χ2n) is 4.41. The SMILES string of the molecule is NCC(NS(=O)(=O)c1cc(Cl)cc(Cl)c1)C1CC1. The summed E-state index contributed by atoms with van der Waals surface area (Å²) in [7, 11) is -3.62. The zero-order valence-electron chi connectivity index (χ0n) is 9.57. The number of benzene rings is 1. The van der Waals surface area contributed by atoms with E-state index in [9.17, 15) is 8.42 Å². The molecule has 0 aromatic heterocycles. The second kappa shape index (κ2) is 5.35. The third-order valence-electron chi connectivity index (χ3n) is 2.90. The Hall–Kier alpha value is -0.330. The summed E-state index contributed by atoms with van der Waals surface area (Å²) in [4.78, 5) is 0.0686. The fraction of sp³-hybridized carbons (Fsp3) is 0.455. The van der Waals surface area contributed by atoms with Crippen LogP contribution in [0.1, 0.15) is 12.8 Å². The zero-order valence-corrected chi connectivity index (χ0v) is 11.9. The molecular formula is C11H14Cl2N2O2S. The molecule has 0 heterocycles. The molecule has 7 heteroatoms. The average molecular weight is 309 g/mol. The van der Waals surface area contributed by atoms with Crippen molar-refractivity contribution in [3.63, 3.8) is 0 Å². The van der Waals surface area contributed by atoms with Crippen LogP contribution in [0.5, 0.6) is 0 Å². The normalized spacial score (nSPS) is 17.7. The highest BCUT2D eigenvalue weighted by Crippen LogP contribution is 2.33. The van der Waals surface area contributed by atoms with Crippen molar-refractivity contribution >= 4 is 33.2 Å². The predicted octanol–water partition coefficient (Wildman–Crippen LogP) is 2.01. The molecule has 0 amide bonds. The number of hydrogen-bond donors (Lipinski definition) is 2. The van der Waals surface area contributed by atoms with E-state index in [2.05, 4.69) is 4.72 Å². The third kappa shape index (κ3) is 3.36. The fourth-order valence-electron chi connectivity index (χ4n) is 1.79. The Kier molecular flexibility index (Phi) is 4.18. The summed E-state index contributed by atoms with van der Waals surface area (Å²) in [6.07, 6.45) is 2.03. The molecule has 1 aromatic rings. The minimum Gasteiger partial charge on any atom is -0.329 e. The van der Waals surface area contributed by atoms with Gasteiger partial charge in [-0.05, 0) is 37.0 Å². The smallest absolute Gasteiger partial charge is 0.240 e. The molecule has 1 atom stereocenters. The van der Waals surface area contributed by atoms with Gasteiger partial charge in [-0.25, -0.2) is 13.1 Å². The van der Waals surface area contributed by atoms with E-state index < -0.39 is 10.0 Å². The van der Waals surface area contributed by atoms with E-state index in [1.54, 1.807) is 0 Å². The standard InChI is InChI=1S/C11H14Cl2N2O2S/c12-8-3-9(13)5-10(4-8)18(16,17)15-11(6-14)7-1-2-7/h3-5,7,11,15H,1-2,6,14H2. The number of nitrogens with two attached hydrogens (primary N) is 1. The summed E-state index contributed by atoms with van der Waals surface area (Å²) in [5.74, 6) is 0.347. The van der Waals surface area contributed by atoms with Gasteiger partial charge in [0.15, 0.2) is 0 Å². The van der Waals surface area contributed by atoms with E-state index in [0.717, 1.165) is 12.8 Å². The molecule has 0 aliphatic heterocycles. The number of sulfonamides is 1. The van der Waals surface area contributed by atoms with Crippen LogP contribution in [0.25, 0.3) is 0 Å².